The molecule has 3 heterocycles. The molecule has 0 fully saturated rings. The molecule has 0 spiro atoms. The Balaban J connectivity index is 1.42. The summed E-state index contributed by atoms with van der Waals surface area (Å²) in [6.07, 6.45) is 9.33. The first-order chi connectivity index (χ1) is 13.3. The van der Waals surface area contributed by atoms with E-state index in [1.165, 1.54) is 10.9 Å². The van der Waals surface area contributed by atoms with E-state index in [2.05, 4.69) is 43.5 Å². The van der Waals surface area contributed by atoms with Crippen LogP contribution >= 0.6 is 0 Å². The van der Waals surface area contributed by atoms with Crippen molar-refractivity contribution in [1.82, 2.24) is 24.4 Å². The number of imidazole rings is 1. The van der Waals surface area contributed by atoms with Gasteiger partial charge in [-0.1, -0.05) is 24.3 Å². The van der Waals surface area contributed by atoms with Crippen LogP contribution in [0.5, 0.6) is 0 Å². The van der Waals surface area contributed by atoms with Crippen LogP contribution in [0, 0.1) is 0 Å². The van der Waals surface area contributed by atoms with Gasteiger partial charge >= 0.3 is 6.03 Å². The summed E-state index contributed by atoms with van der Waals surface area (Å²) in [6.45, 7) is 1.96. The Kier molecular flexibility index (Phi) is 4.82. The first-order valence-corrected chi connectivity index (χ1v) is 8.78. The van der Waals surface area contributed by atoms with Crippen molar-refractivity contribution in [2.75, 3.05) is 11.9 Å². The number of hydrogen-bond donors (Lipinski definition) is 2. The maximum absolute atomic E-state index is 12.0. The maximum Gasteiger partial charge on any atom is 0.320 e. The van der Waals surface area contributed by atoms with Crippen molar-refractivity contribution in [2.24, 2.45) is 0 Å². The Morgan fingerprint density at radius 3 is 2.78 bits per heavy atom. The highest BCUT2D eigenvalue weighted by molar-refractivity contribution is 5.88. The van der Waals surface area contributed by atoms with E-state index < -0.39 is 0 Å². The number of benzene rings is 1. The molecule has 0 saturated carbocycles. The molecule has 0 aliphatic carbocycles. The van der Waals surface area contributed by atoms with Crippen molar-refractivity contribution >= 4 is 22.8 Å². The van der Waals surface area contributed by atoms with Gasteiger partial charge in [0, 0.05) is 48.8 Å². The number of urea groups is 1. The number of pyridine rings is 1. The summed E-state index contributed by atoms with van der Waals surface area (Å²) in [4.78, 5) is 20.2. The van der Waals surface area contributed by atoms with Crippen LogP contribution in [0.4, 0.5) is 10.6 Å². The Labute approximate surface area is 156 Å². The van der Waals surface area contributed by atoms with Crippen LogP contribution < -0.4 is 10.6 Å². The zero-order chi connectivity index (χ0) is 18.5. The highest BCUT2D eigenvalue weighted by Crippen LogP contribution is 2.22. The minimum Gasteiger partial charge on any atom is -0.345 e. The lowest BCUT2D eigenvalue weighted by molar-refractivity contribution is 0.251. The fraction of sp³-hybridized carbons (Fsp3) is 0.150. The molecular formula is C20H20N6O. The van der Waals surface area contributed by atoms with E-state index in [1.54, 1.807) is 18.5 Å². The zero-order valence-electron chi connectivity index (χ0n) is 14.7. The van der Waals surface area contributed by atoms with Crippen molar-refractivity contribution in [2.45, 2.75) is 13.1 Å². The summed E-state index contributed by atoms with van der Waals surface area (Å²) in [5.74, 6) is 0.532. The molecule has 1 aromatic carbocycles. The highest BCUT2D eigenvalue weighted by Gasteiger charge is 2.09. The number of hydrogen-bond acceptors (Lipinski definition) is 3. The number of nitrogens with one attached hydrogen (secondary N) is 2. The summed E-state index contributed by atoms with van der Waals surface area (Å²) in [6, 6.07) is 13.4. The molecule has 2 N–H and O–H groups in total. The highest BCUT2D eigenvalue weighted by atomic mass is 16.2. The number of fused-ring (bicyclic) bond motifs is 1. The number of anilines is 1. The van der Waals surface area contributed by atoms with Crippen LogP contribution in [0.3, 0.4) is 0 Å². The van der Waals surface area contributed by atoms with Crippen LogP contribution in [0.1, 0.15) is 5.56 Å². The molecule has 3 aromatic heterocycles. The van der Waals surface area contributed by atoms with Crippen LogP contribution in [-0.4, -0.2) is 31.7 Å². The monoisotopic (exact) mass is 360 g/mol. The first kappa shape index (κ1) is 16.8. The fourth-order valence-electron chi connectivity index (χ4n) is 3.10. The Morgan fingerprint density at radius 2 is 1.96 bits per heavy atom. The SMILES string of the molecule is O=C(NCCn1cc(Cn2ccnc2)c2ccccc21)Nc1ccccn1. The van der Waals surface area contributed by atoms with Gasteiger partial charge in [-0.2, -0.15) is 0 Å². The molecule has 0 aliphatic rings. The lowest BCUT2D eigenvalue weighted by atomic mass is 10.2. The molecule has 4 aromatic rings. The molecule has 0 bridgehead atoms. The summed E-state index contributed by atoms with van der Waals surface area (Å²) in [5, 5.41) is 6.80. The number of carbonyl (C=O) groups excluding carboxylic acids is 1. The van der Waals surface area contributed by atoms with Gasteiger partial charge in [-0.05, 0) is 23.8 Å². The predicted octanol–water partition coefficient (Wildman–Crippen LogP) is 3.10. The summed E-state index contributed by atoms with van der Waals surface area (Å²) in [5.41, 5.74) is 2.38. The Bertz CT molecular complexity index is 1020. The van der Waals surface area contributed by atoms with E-state index in [0.29, 0.717) is 18.9 Å². The normalized spacial score (nSPS) is 10.8. The van der Waals surface area contributed by atoms with Crippen LogP contribution in [-0.2, 0) is 13.1 Å². The van der Waals surface area contributed by atoms with E-state index in [1.807, 2.05) is 41.4 Å². The van der Waals surface area contributed by atoms with Crippen molar-refractivity contribution in [3.8, 4) is 0 Å². The number of nitrogens with zero attached hydrogens (tertiary/aromatic N) is 4. The summed E-state index contributed by atoms with van der Waals surface area (Å²) < 4.78 is 4.22. The molecule has 7 heteroatoms. The van der Waals surface area contributed by atoms with Gasteiger partial charge < -0.3 is 14.5 Å². The lowest BCUT2D eigenvalue weighted by Gasteiger charge is -2.08. The largest absolute Gasteiger partial charge is 0.345 e. The number of para-hydroxylation sites is 1. The molecule has 0 saturated heterocycles. The average molecular weight is 360 g/mol. The van der Waals surface area contributed by atoms with Crippen LogP contribution in [0.25, 0.3) is 10.9 Å². The smallest absolute Gasteiger partial charge is 0.320 e. The number of carbonyl (C=O) groups is 1. The zero-order valence-corrected chi connectivity index (χ0v) is 14.7. The third-order valence-electron chi connectivity index (χ3n) is 4.33. The third-order valence-corrected chi connectivity index (χ3v) is 4.33. The molecule has 0 radical (unpaired) electrons. The first-order valence-electron chi connectivity index (χ1n) is 8.78. The minimum atomic E-state index is -0.260. The topological polar surface area (TPSA) is 76.8 Å². The van der Waals surface area contributed by atoms with Gasteiger partial charge in [0.2, 0.25) is 0 Å². The van der Waals surface area contributed by atoms with Gasteiger partial charge in [0.15, 0.2) is 0 Å². The number of amides is 2. The number of aromatic nitrogens is 4. The summed E-state index contributed by atoms with van der Waals surface area (Å²) >= 11 is 0. The molecule has 136 valence electrons. The third kappa shape index (κ3) is 3.98. The molecule has 27 heavy (non-hydrogen) atoms. The molecule has 0 aliphatic heterocycles. The van der Waals surface area contributed by atoms with E-state index >= 15 is 0 Å². The lowest BCUT2D eigenvalue weighted by Crippen LogP contribution is -2.31. The van der Waals surface area contributed by atoms with Crippen molar-refractivity contribution in [3.05, 3.63) is 79.1 Å². The maximum atomic E-state index is 12.0. The van der Waals surface area contributed by atoms with E-state index in [0.717, 1.165) is 12.1 Å². The second-order valence-electron chi connectivity index (χ2n) is 6.20. The Hall–Kier alpha value is -3.61. The van der Waals surface area contributed by atoms with Crippen molar-refractivity contribution in [1.29, 1.82) is 0 Å². The minimum absolute atomic E-state index is 0.260. The number of rotatable bonds is 6. The molecular weight excluding hydrogens is 340 g/mol. The molecule has 7 nitrogen and oxygen atoms in total. The average Bonchev–Trinajstić information content (AvgIpc) is 3.32. The second kappa shape index (κ2) is 7.74. The van der Waals surface area contributed by atoms with Crippen molar-refractivity contribution in [3.63, 3.8) is 0 Å². The molecule has 0 atom stereocenters. The summed E-state index contributed by atoms with van der Waals surface area (Å²) in [7, 11) is 0. The van der Waals surface area contributed by atoms with Gasteiger partial charge in [-0.15, -0.1) is 0 Å². The van der Waals surface area contributed by atoms with E-state index in [9.17, 15) is 4.79 Å². The van der Waals surface area contributed by atoms with Gasteiger partial charge in [0.1, 0.15) is 5.82 Å². The van der Waals surface area contributed by atoms with Gasteiger partial charge in [0.25, 0.3) is 0 Å². The predicted molar refractivity (Wildman–Crippen MR) is 105 cm³/mol. The second-order valence-corrected chi connectivity index (χ2v) is 6.20. The molecule has 2 amide bonds. The fourth-order valence-corrected chi connectivity index (χ4v) is 3.10. The van der Waals surface area contributed by atoms with Gasteiger partial charge in [-0.25, -0.2) is 14.8 Å². The van der Waals surface area contributed by atoms with Crippen LogP contribution in [0.2, 0.25) is 0 Å². The molecule has 0 unspecified atom stereocenters. The molecule has 4 rings (SSSR count). The Morgan fingerprint density at radius 1 is 1.07 bits per heavy atom. The standard InChI is InChI=1S/C20H20N6O/c27-20(24-19-7-3-4-8-22-19)23-10-12-26-14-16(13-25-11-9-21-15-25)17-5-1-2-6-18(17)26/h1-9,11,14-15H,10,12-13H2,(H2,22,23,24,27). The quantitative estimate of drug-likeness (QED) is 0.555. The van der Waals surface area contributed by atoms with Gasteiger partial charge in [0.05, 0.1) is 12.9 Å². The van der Waals surface area contributed by atoms with Crippen molar-refractivity contribution < 1.29 is 4.79 Å². The van der Waals surface area contributed by atoms with E-state index in [4.69, 9.17) is 0 Å². The van der Waals surface area contributed by atoms with E-state index in [-0.39, 0.29) is 6.03 Å². The van der Waals surface area contributed by atoms with Crippen LogP contribution in [0.15, 0.2) is 73.6 Å². The van der Waals surface area contributed by atoms with Gasteiger partial charge in [-0.3, -0.25) is 5.32 Å².